The van der Waals surface area contributed by atoms with Gasteiger partial charge in [0, 0.05) is 31.5 Å². The van der Waals surface area contributed by atoms with Gasteiger partial charge in [-0.05, 0) is 37.4 Å². The lowest BCUT2D eigenvalue weighted by molar-refractivity contribution is -0.136. The number of pyridine rings is 1. The Balaban J connectivity index is 1.70. The van der Waals surface area contributed by atoms with E-state index < -0.39 is 0 Å². The van der Waals surface area contributed by atoms with Crippen LogP contribution in [-0.2, 0) is 11.3 Å². The van der Waals surface area contributed by atoms with Crippen molar-refractivity contribution in [2.75, 3.05) is 13.1 Å². The van der Waals surface area contributed by atoms with Crippen molar-refractivity contribution in [3.8, 4) is 0 Å². The molecule has 1 atom stereocenters. The largest absolute Gasteiger partial charge is 0.335 e. The van der Waals surface area contributed by atoms with E-state index in [1.807, 2.05) is 18.3 Å². The summed E-state index contributed by atoms with van der Waals surface area (Å²) in [7, 11) is 0. The van der Waals surface area contributed by atoms with Crippen molar-refractivity contribution >= 4 is 5.91 Å². The maximum atomic E-state index is 12.5. The molecule has 1 aliphatic heterocycles. The second-order valence-corrected chi connectivity index (χ2v) is 5.25. The standard InChI is InChI=1S/C14H19N3O/c18-14(12-5-7-16-9-12)17(13-3-4-13)10-11-2-1-6-15-8-11/h1-2,6,8,12-13,16H,3-5,7,9-10H2. The molecule has 4 nitrogen and oxygen atoms in total. The Bertz CT molecular complexity index is 410. The summed E-state index contributed by atoms with van der Waals surface area (Å²) in [6.45, 7) is 2.53. The molecule has 96 valence electrons. The lowest BCUT2D eigenvalue weighted by Gasteiger charge is -2.25. The zero-order valence-electron chi connectivity index (χ0n) is 10.5. The molecule has 1 saturated carbocycles. The summed E-state index contributed by atoms with van der Waals surface area (Å²) in [5.41, 5.74) is 1.13. The van der Waals surface area contributed by atoms with Crippen molar-refractivity contribution in [3.63, 3.8) is 0 Å². The van der Waals surface area contributed by atoms with E-state index in [4.69, 9.17) is 0 Å². The first kappa shape index (κ1) is 11.7. The summed E-state index contributed by atoms with van der Waals surface area (Å²) in [4.78, 5) is 18.7. The first-order valence-corrected chi connectivity index (χ1v) is 6.74. The first-order chi connectivity index (χ1) is 8.84. The van der Waals surface area contributed by atoms with Crippen molar-refractivity contribution in [3.05, 3.63) is 30.1 Å². The Labute approximate surface area is 107 Å². The molecule has 0 bridgehead atoms. The minimum absolute atomic E-state index is 0.183. The predicted molar refractivity (Wildman–Crippen MR) is 68.8 cm³/mol. The fraction of sp³-hybridized carbons (Fsp3) is 0.571. The third kappa shape index (κ3) is 2.53. The second kappa shape index (κ2) is 5.06. The minimum Gasteiger partial charge on any atom is -0.335 e. The van der Waals surface area contributed by atoms with Gasteiger partial charge in [0.15, 0.2) is 0 Å². The van der Waals surface area contributed by atoms with Gasteiger partial charge in [-0.25, -0.2) is 0 Å². The SMILES string of the molecule is O=C(C1CCNC1)N(Cc1cccnc1)C1CC1. The Hall–Kier alpha value is -1.42. The molecule has 1 N–H and O–H groups in total. The van der Waals surface area contributed by atoms with Gasteiger partial charge >= 0.3 is 0 Å². The van der Waals surface area contributed by atoms with Gasteiger partial charge in [0.05, 0.1) is 5.92 Å². The van der Waals surface area contributed by atoms with Gasteiger partial charge < -0.3 is 10.2 Å². The molecule has 1 aliphatic carbocycles. The lowest BCUT2D eigenvalue weighted by Crippen LogP contribution is -2.38. The van der Waals surface area contributed by atoms with Crippen LogP contribution in [-0.4, -0.2) is 34.9 Å². The molecule has 1 aromatic heterocycles. The highest BCUT2D eigenvalue weighted by molar-refractivity contribution is 5.80. The highest BCUT2D eigenvalue weighted by atomic mass is 16.2. The molecule has 0 radical (unpaired) electrons. The van der Waals surface area contributed by atoms with Crippen LogP contribution >= 0.6 is 0 Å². The number of amides is 1. The van der Waals surface area contributed by atoms with E-state index >= 15 is 0 Å². The van der Waals surface area contributed by atoms with Gasteiger partial charge in [-0.1, -0.05) is 6.07 Å². The third-order valence-electron chi connectivity index (χ3n) is 3.76. The number of hydrogen-bond donors (Lipinski definition) is 1. The van der Waals surface area contributed by atoms with Crippen LogP contribution < -0.4 is 5.32 Å². The van der Waals surface area contributed by atoms with Crippen molar-refractivity contribution < 1.29 is 4.79 Å². The van der Waals surface area contributed by atoms with Gasteiger partial charge in [-0.2, -0.15) is 0 Å². The Morgan fingerprint density at radius 1 is 1.44 bits per heavy atom. The Morgan fingerprint density at radius 3 is 2.94 bits per heavy atom. The molecular weight excluding hydrogens is 226 g/mol. The summed E-state index contributed by atoms with van der Waals surface area (Å²) in [5.74, 6) is 0.508. The molecular formula is C14H19N3O. The topological polar surface area (TPSA) is 45.2 Å². The van der Waals surface area contributed by atoms with Gasteiger partial charge in [0.2, 0.25) is 5.91 Å². The van der Waals surface area contributed by atoms with E-state index in [0.29, 0.717) is 18.5 Å². The first-order valence-electron chi connectivity index (χ1n) is 6.74. The van der Waals surface area contributed by atoms with Gasteiger partial charge in [-0.15, -0.1) is 0 Å². The van der Waals surface area contributed by atoms with E-state index in [-0.39, 0.29) is 5.92 Å². The minimum atomic E-state index is 0.183. The third-order valence-corrected chi connectivity index (χ3v) is 3.76. The maximum Gasteiger partial charge on any atom is 0.227 e. The summed E-state index contributed by atoms with van der Waals surface area (Å²) < 4.78 is 0. The van der Waals surface area contributed by atoms with Crippen LogP contribution in [0.1, 0.15) is 24.8 Å². The van der Waals surface area contributed by atoms with E-state index in [0.717, 1.165) is 37.9 Å². The van der Waals surface area contributed by atoms with Crippen molar-refractivity contribution in [1.29, 1.82) is 0 Å². The summed E-state index contributed by atoms with van der Waals surface area (Å²) in [6.07, 6.45) is 6.93. The van der Waals surface area contributed by atoms with Crippen molar-refractivity contribution in [2.45, 2.75) is 31.8 Å². The second-order valence-electron chi connectivity index (χ2n) is 5.25. The fourth-order valence-corrected chi connectivity index (χ4v) is 2.56. The highest BCUT2D eigenvalue weighted by Crippen LogP contribution is 2.30. The van der Waals surface area contributed by atoms with Crippen LogP contribution in [0.5, 0.6) is 0 Å². The van der Waals surface area contributed by atoms with Crippen LogP contribution in [0.4, 0.5) is 0 Å². The van der Waals surface area contributed by atoms with Gasteiger partial charge in [0.1, 0.15) is 0 Å². The molecule has 1 amide bonds. The summed E-state index contributed by atoms with van der Waals surface area (Å²) in [5, 5.41) is 3.27. The van der Waals surface area contributed by atoms with Crippen molar-refractivity contribution in [1.82, 2.24) is 15.2 Å². The molecule has 1 aromatic rings. The molecule has 0 aromatic carbocycles. The molecule has 18 heavy (non-hydrogen) atoms. The van der Waals surface area contributed by atoms with E-state index in [9.17, 15) is 4.79 Å². The van der Waals surface area contributed by atoms with Crippen LogP contribution in [0.2, 0.25) is 0 Å². The molecule has 2 heterocycles. The monoisotopic (exact) mass is 245 g/mol. The number of aromatic nitrogens is 1. The number of rotatable bonds is 4. The van der Waals surface area contributed by atoms with Gasteiger partial charge in [0.25, 0.3) is 0 Å². The normalized spacial score (nSPS) is 23.0. The number of hydrogen-bond acceptors (Lipinski definition) is 3. The average molecular weight is 245 g/mol. The van der Waals surface area contributed by atoms with E-state index in [2.05, 4.69) is 15.2 Å². The smallest absolute Gasteiger partial charge is 0.227 e. The van der Waals surface area contributed by atoms with E-state index in [1.165, 1.54) is 0 Å². The predicted octanol–water partition coefficient (Wildman–Crippen LogP) is 1.18. The maximum absolute atomic E-state index is 12.5. The lowest BCUT2D eigenvalue weighted by atomic mass is 10.1. The molecule has 2 aliphatic rings. The fourth-order valence-electron chi connectivity index (χ4n) is 2.56. The van der Waals surface area contributed by atoms with E-state index in [1.54, 1.807) is 6.20 Å². The number of nitrogens with one attached hydrogen (secondary N) is 1. The average Bonchev–Trinajstić information content (AvgIpc) is 3.10. The summed E-state index contributed by atoms with van der Waals surface area (Å²) in [6, 6.07) is 4.45. The molecule has 1 saturated heterocycles. The molecule has 0 spiro atoms. The van der Waals surface area contributed by atoms with Crippen LogP contribution in [0.15, 0.2) is 24.5 Å². The van der Waals surface area contributed by atoms with Crippen LogP contribution in [0.25, 0.3) is 0 Å². The molecule has 2 fully saturated rings. The Kier molecular flexibility index (Phi) is 3.28. The highest BCUT2D eigenvalue weighted by Gasteiger charge is 2.36. The van der Waals surface area contributed by atoms with Crippen LogP contribution in [0.3, 0.4) is 0 Å². The Morgan fingerprint density at radius 2 is 2.33 bits per heavy atom. The van der Waals surface area contributed by atoms with Gasteiger partial charge in [-0.3, -0.25) is 9.78 Å². The number of carbonyl (C=O) groups excluding carboxylic acids is 1. The number of carbonyl (C=O) groups is 1. The summed E-state index contributed by atoms with van der Waals surface area (Å²) >= 11 is 0. The zero-order chi connectivity index (χ0) is 12.4. The van der Waals surface area contributed by atoms with Crippen molar-refractivity contribution in [2.24, 2.45) is 5.92 Å². The molecule has 3 rings (SSSR count). The molecule has 1 unspecified atom stereocenters. The zero-order valence-corrected chi connectivity index (χ0v) is 10.5. The number of nitrogens with zero attached hydrogens (tertiary/aromatic N) is 2. The quantitative estimate of drug-likeness (QED) is 0.866. The van der Waals surface area contributed by atoms with Crippen LogP contribution in [0, 0.1) is 5.92 Å². The molecule has 4 heteroatoms.